The van der Waals surface area contributed by atoms with Crippen LogP contribution in [0.25, 0.3) is 0 Å². The molecule has 0 radical (unpaired) electrons. The molecule has 3 aromatic rings. The summed E-state index contributed by atoms with van der Waals surface area (Å²) in [5.74, 6) is 0.0107. The first-order valence-electron chi connectivity index (χ1n) is 10.3. The van der Waals surface area contributed by atoms with Crippen molar-refractivity contribution < 1.29 is 9.59 Å². The minimum atomic E-state index is -0.238. The number of nitrogens with zero attached hydrogens (tertiary/aromatic N) is 1. The van der Waals surface area contributed by atoms with Crippen molar-refractivity contribution in [1.82, 2.24) is 4.90 Å². The molecule has 0 saturated carbocycles. The van der Waals surface area contributed by atoms with E-state index in [9.17, 15) is 9.59 Å². The summed E-state index contributed by atoms with van der Waals surface area (Å²) in [4.78, 5) is 26.5. The van der Waals surface area contributed by atoms with Crippen LogP contribution >= 0.6 is 0 Å². The van der Waals surface area contributed by atoms with Gasteiger partial charge in [-0.3, -0.25) is 4.79 Å². The van der Waals surface area contributed by atoms with Crippen LogP contribution in [0.4, 0.5) is 10.5 Å². The third-order valence-electron chi connectivity index (χ3n) is 6.07. The number of ketones is 1. The molecule has 1 aliphatic heterocycles. The van der Waals surface area contributed by atoms with Crippen molar-refractivity contribution in [2.24, 2.45) is 0 Å². The molecule has 4 nitrogen and oxygen atoms in total. The zero-order valence-corrected chi connectivity index (χ0v) is 17.3. The molecule has 30 heavy (non-hydrogen) atoms. The summed E-state index contributed by atoms with van der Waals surface area (Å²) < 4.78 is 0. The number of rotatable bonds is 4. The Labute approximate surface area is 177 Å². The third-order valence-corrected chi connectivity index (χ3v) is 6.07. The molecular weight excluding hydrogens is 372 g/mol. The molecule has 0 aliphatic carbocycles. The Morgan fingerprint density at radius 3 is 1.90 bits per heavy atom. The summed E-state index contributed by atoms with van der Waals surface area (Å²) in [6.07, 6.45) is 0.859. The van der Waals surface area contributed by atoms with Crippen molar-refractivity contribution in [3.8, 4) is 0 Å². The van der Waals surface area contributed by atoms with E-state index in [0.29, 0.717) is 17.8 Å². The van der Waals surface area contributed by atoms with E-state index in [0.717, 1.165) is 6.42 Å². The summed E-state index contributed by atoms with van der Waals surface area (Å²) in [5, 5.41) is 3.00. The van der Waals surface area contributed by atoms with E-state index in [4.69, 9.17) is 0 Å². The lowest BCUT2D eigenvalue weighted by molar-refractivity contribution is 0.101. The molecule has 0 aromatic heterocycles. The van der Waals surface area contributed by atoms with Gasteiger partial charge in [-0.1, -0.05) is 60.7 Å². The minimum absolute atomic E-state index is 0.0107. The second-order valence-electron chi connectivity index (χ2n) is 8.06. The van der Waals surface area contributed by atoms with Gasteiger partial charge in [0.2, 0.25) is 0 Å². The van der Waals surface area contributed by atoms with Crippen LogP contribution in [0.5, 0.6) is 0 Å². The van der Waals surface area contributed by atoms with Gasteiger partial charge < -0.3 is 10.2 Å². The molecule has 3 aromatic carbocycles. The lowest BCUT2D eigenvalue weighted by Gasteiger charge is -2.31. The van der Waals surface area contributed by atoms with Crippen molar-refractivity contribution >= 4 is 17.5 Å². The summed E-state index contributed by atoms with van der Waals surface area (Å²) >= 11 is 0. The van der Waals surface area contributed by atoms with Crippen LogP contribution in [0.1, 0.15) is 41.8 Å². The average Bonchev–Trinajstić information content (AvgIpc) is 3.14. The normalized spacial score (nSPS) is 17.5. The number of Topliss-reactive ketones (excluding diaryl/α,β-unsaturated/α-hetero) is 1. The van der Waals surface area contributed by atoms with Gasteiger partial charge in [-0.05, 0) is 55.7 Å². The molecule has 1 atom stereocenters. The fourth-order valence-corrected chi connectivity index (χ4v) is 4.48. The lowest BCUT2D eigenvalue weighted by atomic mass is 9.73. The highest BCUT2D eigenvalue weighted by Crippen LogP contribution is 2.43. The van der Waals surface area contributed by atoms with E-state index in [1.807, 2.05) is 17.0 Å². The Kier molecular flexibility index (Phi) is 5.40. The van der Waals surface area contributed by atoms with Crippen molar-refractivity contribution in [3.05, 3.63) is 102 Å². The summed E-state index contributed by atoms with van der Waals surface area (Å²) in [7, 11) is 0. The fourth-order valence-electron chi connectivity index (χ4n) is 4.48. The Morgan fingerprint density at radius 2 is 1.40 bits per heavy atom. The van der Waals surface area contributed by atoms with E-state index in [-0.39, 0.29) is 23.3 Å². The molecule has 4 heteroatoms. The maximum absolute atomic E-state index is 13.1. The highest BCUT2D eigenvalue weighted by Gasteiger charge is 2.46. The van der Waals surface area contributed by atoms with Gasteiger partial charge in [0.05, 0.1) is 0 Å². The van der Waals surface area contributed by atoms with Gasteiger partial charge >= 0.3 is 6.03 Å². The second kappa shape index (κ2) is 8.15. The van der Waals surface area contributed by atoms with Crippen LogP contribution in [-0.2, 0) is 5.41 Å². The number of nitrogens with one attached hydrogen (secondary N) is 1. The predicted octanol–water partition coefficient (Wildman–Crippen LogP) is 5.50. The van der Waals surface area contributed by atoms with Gasteiger partial charge in [0, 0.05) is 29.3 Å². The molecule has 1 fully saturated rings. The Hall–Kier alpha value is -3.40. The third kappa shape index (κ3) is 3.73. The second-order valence-corrected chi connectivity index (χ2v) is 8.06. The number of amides is 2. The number of carbonyl (C=O) groups excluding carboxylic acids is 2. The van der Waals surface area contributed by atoms with Crippen LogP contribution < -0.4 is 5.32 Å². The monoisotopic (exact) mass is 398 g/mol. The molecule has 0 unspecified atom stereocenters. The number of benzene rings is 3. The number of hydrogen-bond donors (Lipinski definition) is 1. The molecule has 0 bridgehead atoms. The number of hydrogen-bond acceptors (Lipinski definition) is 2. The standard InChI is InChI=1S/C26H26N2O2/c1-19-17-26(22-9-5-3-6-10-22,23-11-7-4-8-12-23)18-28(19)25(30)27-24-15-13-21(14-16-24)20(2)29/h3-16,19H,17-18H2,1-2H3,(H,27,30)/t19-/m1/s1. The molecule has 1 saturated heterocycles. The minimum Gasteiger partial charge on any atom is -0.321 e. The van der Waals surface area contributed by atoms with Crippen molar-refractivity contribution in [2.75, 3.05) is 11.9 Å². The summed E-state index contributed by atoms with van der Waals surface area (Å²) in [6.45, 7) is 4.25. The van der Waals surface area contributed by atoms with Crippen LogP contribution in [-0.4, -0.2) is 29.3 Å². The molecule has 152 valence electrons. The molecule has 1 heterocycles. The average molecular weight is 399 g/mol. The lowest BCUT2D eigenvalue weighted by Crippen LogP contribution is -2.39. The van der Waals surface area contributed by atoms with E-state index < -0.39 is 0 Å². The summed E-state index contributed by atoms with van der Waals surface area (Å²) in [6, 6.07) is 27.9. The predicted molar refractivity (Wildman–Crippen MR) is 120 cm³/mol. The van der Waals surface area contributed by atoms with Gasteiger partial charge in [-0.15, -0.1) is 0 Å². The van der Waals surface area contributed by atoms with Gasteiger partial charge in [-0.25, -0.2) is 4.79 Å². The topological polar surface area (TPSA) is 49.4 Å². The van der Waals surface area contributed by atoms with Gasteiger partial charge in [0.1, 0.15) is 0 Å². The quantitative estimate of drug-likeness (QED) is 0.590. The largest absolute Gasteiger partial charge is 0.322 e. The zero-order valence-electron chi connectivity index (χ0n) is 17.3. The molecule has 2 amide bonds. The highest BCUT2D eigenvalue weighted by atomic mass is 16.2. The van der Waals surface area contributed by atoms with Gasteiger partial charge in [0.15, 0.2) is 5.78 Å². The number of urea groups is 1. The van der Waals surface area contributed by atoms with E-state index in [1.54, 1.807) is 24.3 Å². The van der Waals surface area contributed by atoms with E-state index in [1.165, 1.54) is 18.1 Å². The Morgan fingerprint density at radius 1 is 0.867 bits per heavy atom. The number of carbonyl (C=O) groups is 2. The number of anilines is 1. The molecule has 1 aliphatic rings. The van der Waals surface area contributed by atoms with Crippen LogP contribution in [0.15, 0.2) is 84.9 Å². The summed E-state index contributed by atoms with van der Waals surface area (Å²) in [5.41, 5.74) is 3.54. The Bertz CT molecular complexity index is 990. The Balaban J connectivity index is 1.61. The van der Waals surface area contributed by atoms with Gasteiger partial charge in [0.25, 0.3) is 0 Å². The maximum atomic E-state index is 13.1. The van der Waals surface area contributed by atoms with Crippen LogP contribution in [0.2, 0.25) is 0 Å². The van der Waals surface area contributed by atoms with Gasteiger partial charge in [-0.2, -0.15) is 0 Å². The van der Waals surface area contributed by atoms with E-state index >= 15 is 0 Å². The molecule has 0 spiro atoms. The first-order chi connectivity index (χ1) is 14.5. The molecule has 4 rings (SSSR count). The first-order valence-corrected chi connectivity index (χ1v) is 10.3. The fraction of sp³-hybridized carbons (Fsp3) is 0.231. The highest BCUT2D eigenvalue weighted by molar-refractivity contribution is 5.95. The van der Waals surface area contributed by atoms with E-state index in [2.05, 4.69) is 60.8 Å². The maximum Gasteiger partial charge on any atom is 0.322 e. The number of likely N-dealkylation sites (tertiary alicyclic amines) is 1. The SMILES string of the molecule is CC(=O)c1ccc(NC(=O)N2CC(c3ccccc3)(c3ccccc3)C[C@H]2C)cc1. The smallest absolute Gasteiger partial charge is 0.321 e. The first kappa shape index (κ1) is 19.9. The van der Waals surface area contributed by atoms with Crippen molar-refractivity contribution in [1.29, 1.82) is 0 Å². The molecule has 1 N–H and O–H groups in total. The van der Waals surface area contributed by atoms with Crippen molar-refractivity contribution in [3.63, 3.8) is 0 Å². The zero-order chi connectivity index (χ0) is 21.1. The van der Waals surface area contributed by atoms with Crippen molar-refractivity contribution in [2.45, 2.75) is 31.7 Å². The van der Waals surface area contributed by atoms with Crippen LogP contribution in [0.3, 0.4) is 0 Å². The van der Waals surface area contributed by atoms with Crippen LogP contribution in [0, 0.1) is 0 Å². The molecular formula is C26H26N2O2.